The van der Waals surface area contributed by atoms with Gasteiger partial charge in [-0.2, -0.15) is 0 Å². The van der Waals surface area contributed by atoms with Crippen LogP contribution in [0.15, 0.2) is 18.2 Å². The molecule has 4 nitrogen and oxygen atoms in total. The monoisotopic (exact) mass is 362 g/mol. The van der Waals surface area contributed by atoms with Crippen molar-refractivity contribution in [3.8, 4) is 0 Å². The van der Waals surface area contributed by atoms with E-state index in [2.05, 4.69) is 6.92 Å². The number of carbonyl (C=O) groups is 2. The number of aryl methyl sites for hydroxylation is 1. The lowest BCUT2D eigenvalue weighted by Gasteiger charge is -2.26. The molecule has 1 aromatic carbocycles. The fraction of sp³-hybridized carbons (Fsp3) is 0.636. The van der Waals surface area contributed by atoms with Crippen molar-refractivity contribution in [2.24, 2.45) is 11.8 Å². The normalized spacial score (nSPS) is 13.8. The third-order valence-corrected chi connectivity index (χ3v) is 4.76. The van der Waals surface area contributed by atoms with Crippen molar-refractivity contribution in [2.75, 3.05) is 0 Å². The molecule has 2 unspecified atom stereocenters. The Hall–Kier alpha value is -1.84. The lowest BCUT2D eigenvalue weighted by molar-refractivity contribution is -0.140. The average Bonchev–Trinajstić information content (AvgIpc) is 2.54. The molecule has 146 valence electrons. The van der Waals surface area contributed by atoms with Gasteiger partial charge in [-0.15, -0.1) is 0 Å². The van der Waals surface area contributed by atoms with Crippen molar-refractivity contribution in [2.45, 2.75) is 78.6 Å². The summed E-state index contributed by atoms with van der Waals surface area (Å²) in [5.41, 5.74) is 2.43. The second-order valence-electron chi connectivity index (χ2n) is 8.06. The van der Waals surface area contributed by atoms with Crippen molar-refractivity contribution in [1.29, 1.82) is 0 Å². The minimum absolute atomic E-state index is 0.219. The molecule has 2 atom stereocenters. The quantitative estimate of drug-likeness (QED) is 0.548. The molecular weight excluding hydrogens is 328 g/mol. The van der Waals surface area contributed by atoms with E-state index >= 15 is 0 Å². The number of rotatable bonds is 11. The van der Waals surface area contributed by atoms with Gasteiger partial charge in [-0.3, -0.25) is 9.59 Å². The number of hydrogen-bond acceptors (Lipinski definition) is 2. The molecule has 0 aliphatic heterocycles. The Balaban J connectivity index is 3.57. The van der Waals surface area contributed by atoms with Gasteiger partial charge in [0.05, 0.1) is 11.8 Å². The van der Waals surface area contributed by atoms with Crippen LogP contribution >= 0.6 is 0 Å². The van der Waals surface area contributed by atoms with Gasteiger partial charge in [-0.25, -0.2) is 0 Å². The summed E-state index contributed by atoms with van der Waals surface area (Å²) >= 11 is 0. The molecule has 0 saturated heterocycles. The lowest BCUT2D eigenvalue weighted by atomic mass is 9.78. The van der Waals surface area contributed by atoms with E-state index in [1.165, 1.54) is 0 Å². The topological polar surface area (TPSA) is 74.6 Å². The standard InChI is InChI=1S/C22H34O4/c1-6-7-9-16-10-8-11-17(18(21(23)24)12-14(2)3)20(16)19(22(25)26)13-15(4)5/h8,10-11,14-15,18-19H,6-7,9,12-13H2,1-5H3,(H,23,24)(H,25,26). The van der Waals surface area contributed by atoms with E-state index in [0.717, 1.165) is 30.4 Å². The van der Waals surface area contributed by atoms with Crippen LogP contribution in [-0.2, 0) is 16.0 Å². The van der Waals surface area contributed by atoms with Crippen molar-refractivity contribution in [1.82, 2.24) is 0 Å². The van der Waals surface area contributed by atoms with Crippen LogP contribution in [0.5, 0.6) is 0 Å². The maximum atomic E-state index is 12.1. The fourth-order valence-electron chi connectivity index (χ4n) is 3.59. The van der Waals surface area contributed by atoms with Gasteiger partial charge in [0.2, 0.25) is 0 Å². The van der Waals surface area contributed by atoms with E-state index < -0.39 is 23.8 Å². The first-order valence-corrected chi connectivity index (χ1v) is 9.76. The second kappa shape index (κ2) is 10.3. The third-order valence-electron chi connectivity index (χ3n) is 4.76. The van der Waals surface area contributed by atoms with Gasteiger partial charge < -0.3 is 10.2 Å². The number of carboxylic acids is 2. The Bertz CT molecular complexity index is 604. The van der Waals surface area contributed by atoms with Gasteiger partial charge in [0.15, 0.2) is 0 Å². The van der Waals surface area contributed by atoms with Crippen LogP contribution in [0.3, 0.4) is 0 Å². The van der Waals surface area contributed by atoms with Gasteiger partial charge in [0, 0.05) is 0 Å². The Morgan fingerprint density at radius 1 is 0.923 bits per heavy atom. The molecule has 0 fully saturated rings. The van der Waals surface area contributed by atoms with E-state index in [-0.39, 0.29) is 11.8 Å². The minimum Gasteiger partial charge on any atom is -0.481 e. The number of hydrogen-bond donors (Lipinski definition) is 2. The summed E-state index contributed by atoms with van der Waals surface area (Å²) in [5, 5.41) is 19.7. The molecular formula is C22H34O4. The molecule has 1 rings (SSSR count). The summed E-state index contributed by atoms with van der Waals surface area (Å²) in [6, 6.07) is 5.68. The molecule has 4 heteroatoms. The van der Waals surface area contributed by atoms with Crippen LogP contribution in [0, 0.1) is 11.8 Å². The molecule has 0 heterocycles. The zero-order valence-corrected chi connectivity index (χ0v) is 16.8. The van der Waals surface area contributed by atoms with E-state index in [4.69, 9.17) is 0 Å². The Morgan fingerprint density at radius 2 is 1.46 bits per heavy atom. The fourth-order valence-corrected chi connectivity index (χ4v) is 3.59. The third kappa shape index (κ3) is 6.15. The highest BCUT2D eigenvalue weighted by Crippen LogP contribution is 2.37. The zero-order chi connectivity index (χ0) is 19.9. The van der Waals surface area contributed by atoms with Crippen LogP contribution in [0.4, 0.5) is 0 Å². The van der Waals surface area contributed by atoms with Gasteiger partial charge >= 0.3 is 11.9 Å². The van der Waals surface area contributed by atoms with Crippen LogP contribution < -0.4 is 0 Å². The highest BCUT2D eigenvalue weighted by Gasteiger charge is 2.31. The van der Waals surface area contributed by atoms with E-state index in [9.17, 15) is 19.8 Å². The molecule has 1 aromatic rings. The predicted molar refractivity (Wildman–Crippen MR) is 105 cm³/mol. The molecule has 0 bridgehead atoms. The van der Waals surface area contributed by atoms with Gasteiger partial charge in [0.25, 0.3) is 0 Å². The molecule has 0 aliphatic carbocycles. The van der Waals surface area contributed by atoms with Crippen LogP contribution in [0.1, 0.15) is 88.8 Å². The Morgan fingerprint density at radius 3 is 1.92 bits per heavy atom. The number of carboxylic acid groups (broad SMARTS) is 2. The average molecular weight is 363 g/mol. The molecule has 2 N–H and O–H groups in total. The Labute approximate surface area is 157 Å². The summed E-state index contributed by atoms with van der Waals surface area (Å²) in [5.74, 6) is -2.63. The SMILES string of the molecule is CCCCc1cccc(C(CC(C)C)C(=O)O)c1C(CC(C)C)C(=O)O. The smallest absolute Gasteiger partial charge is 0.311 e. The first-order chi connectivity index (χ1) is 12.2. The summed E-state index contributed by atoms with van der Waals surface area (Å²) in [4.78, 5) is 24.1. The summed E-state index contributed by atoms with van der Waals surface area (Å²) in [6.07, 6.45) is 3.79. The molecule has 0 amide bonds. The first-order valence-electron chi connectivity index (χ1n) is 9.76. The minimum atomic E-state index is -0.874. The van der Waals surface area contributed by atoms with E-state index in [1.54, 1.807) is 0 Å². The van der Waals surface area contributed by atoms with Crippen molar-refractivity contribution in [3.05, 3.63) is 34.9 Å². The molecule has 0 saturated carbocycles. The predicted octanol–water partition coefficient (Wildman–Crippen LogP) is 5.46. The number of benzene rings is 1. The zero-order valence-electron chi connectivity index (χ0n) is 16.8. The van der Waals surface area contributed by atoms with Crippen LogP contribution in [0.25, 0.3) is 0 Å². The summed E-state index contributed by atoms with van der Waals surface area (Å²) in [6.45, 7) is 10.1. The van der Waals surface area contributed by atoms with E-state index in [1.807, 2.05) is 45.9 Å². The summed E-state index contributed by atoms with van der Waals surface area (Å²) in [7, 11) is 0. The highest BCUT2D eigenvalue weighted by atomic mass is 16.4. The second-order valence-corrected chi connectivity index (χ2v) is 8.06. The molecule has 0 aromatic heterocycles. The van der Waals surface area contributed by atoms with E-state index in [0.29, 0.717) is 18.4 Å². The Kier molecular flexibility index (Phi) is 8.83. The largest absolute Gasteiger partial charge is 0.481 e. The maximum absolute atomic E-state index is 12.1. The maximum Gasteiger partial charge on any atom is 0.311 e. The van der Waals surface area contributed by atoms with Crippen molar-refractivity contribution < 1.29 is 19.8 Å². The van der Waals surface area contributed by atoms with Gasteiger partial charge in [-0.05, 0) is 54.2 Å². The molecule has 26 heavy (non-hydrogen) atoms. The van der Waals surface area contributed by atoms with Crippen molar-refractivity contribution in [3.63, 3.8) is 0 Å². The van der Waals surface area contributed by atoms with Crippen LogP contribution in [0.2, 0.25) is 0 Å². The van der Waals surface area contributed by atoms with Gasteiger partial charge in [0.1, 0.15) is 0 Å². The first kappa shape index (κ1) is 22.2. The highest BCUT2D eigenvalue weighted by molar-refractivity contribution is 5.81. The number of unbranched alkanes of at least 4 members (excludes halogenated alkanes) is 1. The van der Waals surface area contributed by atoms with Crippen molar-refractivity contribution >= 4 is 11.9 Å². The number of aliphatic carboxylic acids is 2. The lowest BCUT2D eigenvalue weighted by Crippen LogP contribution is -2.22. The molecule has 0 radical (unpaired) electrons. The van der Waals surface area contributed by atoms with Gasteiger partial charge in [-0.1, -0.05) is 59.2 Å². The summed E-state index contributed by atoms with van der Waals surface area (Å²) < 4.78 is 0. The molecule has 0 spiro atoms. The van der Waals surface area contributed by atoms with Crippen LogP contribution in [-0.4, -0.2) is 22.2 Å². The molecule has 0 aliphatic rings.